The molecule has 0 spiro atoms. The van der Waals surface area contributed by atoms with E-state index in [0.29, 0.717) is 28.2 Å². The van der Waals surface area contributed by atoms with Crippen molar-refractivity contribution in [3.8, 4) is 17.2 Å². The fourth-order valence-electron chi connectivity index (χ4n) is 6.20. The van der Waals surface area contributed by atoms with Crippen molar-refractivity contribution in [3.05, 3.63) is 172 Å². The molecule has 0 aliphatic carbocycles. The molecule has 0 saturated heterocycles. The lowest BCUT2D eigenvalue weighted by Gasteiger charge is -2.42. The number of rotatable bonds is 12. The largest absolute Gasteiger partial charge is 0.497 e. The van der Waals surface area contributed by atoms with E-state index in [4.69, 9.17) is 14.2 Å². The zero-order chi connectivity index (χ0) is 39.5. The van der Waals surface area contributed by atoms with Gasteiger partial charge < -0.3 is 29.4 Å². The van der Waals surface area contributed by atoms with E-state index in [1.165, 1.54) is 50.6 Å². The van der Waals surface area contributed by atoms with E-state index < -0.39 is 58.2 Å². The van der Waals surface area contributed by atoms with Gasteiger partial charge in [-0.15, -0.1) is 0 Å². The summed E-state index contributed by atoms with van der Waals surface area (Å²) >= 11 is 0. The number of amides is 1. The summed E-state index contributed by atoms with van der Waals surface area (Å²) < 4.78 is 92.3. The molecule has 0 aromatic heterocycles. The van der Waals surface area contributed by atoms with Gasteiger partial charge >= 0.3 is 5.97 Å². The number of methoxy groups -OCH3 is 2. The first-order valence-corrected chi connectivity index (χ1v) is 16.7. The van der Waals surface area contributed by atoms with Crippen molar-refractivity contribution in [2.75, 3.05) is 14.2 Å². The molecule has 0 aliphatic rings. The van der Waals surface area contributed by atoms with Gasteiger partial charge in [-0.25, -0.2) is 18.0 Å². The summed E-state index contributed by atoms with van der Waals surface area (Å²) in [4.78, 5) is 26.9. The maximum Gasteiger partial charge on any atom is 0.344 e. The zero-order valence-electron chi connectivity index (χ0n) is 29.5. The van der Waals surface area contributed by atoms with Crippen LogP contribution in [0, 0.1) is 29.1 Å². The van der Waals surface area contributed by atoms with Gasteiger partial charge in [0.25, 0.3) is 5.91 Å². The number of ether oxygens (including phenoxy) is 4. The standard InChI is InChI=1S/C42H32F5NO7/c1-4-41(51,55-42(26-13-7-5-8-14-26,27-15-9-6-10-16-27)31-21-19-28(52-2)23-32(31)53-3)48-39(49)25-18-20-29-24(22-25)12-11-17-30(29)40(50)54-38-36(46)34(44)33(43)35(45)37(38)47/h5-23,51H,4H2,1-3H3,(H,48,49)/t41-/m1/s1. The number of halogens is 5. The van der Waals surface area contributed by atoms with E-state index in [9.17, 15) is 36.6 Å². The minimum absolute atomic E-state index is 0.000285. The Morgan fingerprint density at radius 3 is 1.85 bits per heavy atom. The van der Waals surface area contributed by atoms with Crippen LogP contribution in [0.25, 0.3) is 10.8 Å². The smallest absolute Gasteiger partial charge is 0.344 e. The van der Waals surface area contributed by atoms with Gasteiger partial charge in [0.15, 0.2) is 5.60 Å². The summed E-state index contributed by atoms with van der Waals surface area (Å²) in [5, 5.41) is 15.2. The van der Waals surface area contributed by atoms with Gasteiger partial charge in [0.05, 0.1) is 19.8 Å². The minimum Gasteiger partial charge on any atom is -0.497 e. The lowest BCUT2D eigenvalue weighted by Crippen LogP contribution is -2.55. The van der Waals surface area contributed by atoms with Crippen LogP contribution in [0.1, 0.15) is 50.8 Å². The highest BCUT2D eigenvalue weighted by Crippen LogP contribution is 2.47. The molecule has 1 amide bonds. The topological polar surface area (TPSA) is 103 Å². The van der Waals surface area contributed by atoms with E-state index in [1.807, 2.05) is 36.4 Å². The third kappa shape index (κ3) is 7.19. The van der Waals surface area contributed by atoms with Crippen molar-refractivity contribution >= 4 is 22.6 Å². The van der Waals surface area contributed by atoms with Gasteiger partial charge in [-0.05, 0) is 52.2 Å². The minimum atomic E-state index is -2.41. The third-order valence-electron chi connectivity index (χ3n) is 8.99. The molecule has 55 heavy (non-hydrogen) atoms. The average molecular weight is 758 g/mol. The van der Waals surface area contributed by atoms with Crippen LogP contribution in [0.3, 0.4) is 0 Å². The number of hydrogen-bond donors (Lipinski definition) is 2. The van der Waals surface area contributed by atoms with Crippen LogP contribution in [0.2, 0.25) is 0 Å². The maximum absolute atomic E-state index is 14.3. The van der Waals surface area contributed by atoms with Gasteiger partial charge in [-0.2, -0.15) is 8.78 Å². The van der Waals surface area contributed by atoms with Crippen molar-refractivity contribution in [1.29, 1.82) is 0 Å². The normalized spacial score (nSPS) is 12.5. The molecule has 1 atom stereocenters. The van der Waals surface area contributed by atoms with Gasteiger partial charge in [0.1, 0.15) is 11.5 Å². The van der Waals surface area contributed by atoms with E-state index in [0.717, 1.165) is 0 Å². The van der Waals surface area contributed by atoms with Crippen LogP contribution in [0.15, 0.2) is 115 Å². The van der Waals surface area contributed by atoms with Gasteiger partial charge in [-0.3, -0.25) is 4.79 Å². The number of benzene rings is 6. The third-order valence-corrected chi connectivity index (χ3v) is 8.99. The Morgan fingerprint density at radius 1 is 0.691 bits per heavy atom. The van der Waals surface area contributed by atoms with Crippen molar-refractivity contribution in [1.82, 2.24) is 5.32 Å². The molecule has 0 heterocycles. The molecular formula is C42H32F5NO7. The molecule has 6 aromatic carbocycles. The van der Waals surface area contributed by atoms with Crippen molar-refractivity contribution in [3.63, 3.8) is 0 Å². The van der Waals surface area contributed by atoms with Crippen LogP contribution < -0.4 is 19.5 Å². The monoisotopic (exact) mass is 757 g/mol. The Bertz CT molecular complexity index is 2330. The number of fused-ring (bicyclic) bond motifs is 1. The summed E-state index contributed by atoms with van der Waals surface area (Å²) in [5.41, 5.74) is -0.244. The Balaban J connectivity index is 1.37. The Hall–Kier alpha value is -6.31. The molecule has 6 rings (SSSR count). The highest BCUT2D eigenvalue weighted by Gasteiger charge is 2.47. The number of carbonyl (C=O) groups is 2. The summed E-state index contributed by atoms with van der Waals surface area (Å²) in [7, 11) is 2.99. The SMILES string of the molecule is CC[C@](O)(NC(=O)c1ccc2c(C(=O)Oc3c(F)c(F)c(F)c(F)c3F)cccc2c1)OC(c1ccccc1)(c1ccccc1)c1ccc(OC)cc1OC. The zero-order valence-corrected chi connectivity index (χ0v) is 29.5. The van der Waals surface area contributed by atoms with Crippen LogP contribution in [-0.4, -0.2) is 37.1 Å². The second-order valence-corrected chi connectivity index (χ2v) is 12.2. The molecule has 0 bridgehead atoms. The Kier molecular flexibility index (Phi) is 10.9. The van der Waals surface area contributed by atoms with Gasteiger partial charge in [-0.1, -0.05) is 85.8 Å². The molecule has 0 fully saturated rings. The molecule has 0 aliphatic heterocycles. The lowest BCUT2D eigenvalue weighted by molar-refractivity contribution is -0.261. The number of hydrogen-bond acceptors (Lipinski definition) is 7. The highest BCUT2D eigenvalue weighted by molar-refractivity contribution is 6.07. The van der Waals surface area contributed by atoms with Crippen LogP contribution in [0.5, 0.6) is 17.2 Å². The predicted octanol–water partition coefficient (Wildman–Crippen LogP) is 8.57. The summed E-state index contributed by atoms with van der Waals surface area (Å²) in [6, 6.07) is 31.3. The van der Waals surface area contributed by atoms with E-state index in [2.05, 4.69) is 10.1 Å². The maximum atomic E-state index is 14.3. The van der Waals surface area contributed by atoms with E-state index >= 15 is 0 Å². The molecular weight excluding hydrogens is 725 g/mol. The Morgan fingerprint density at radius 2 is 1.29 bits per heavy atom. The van der Waals surface area contributed by atoms with Crippen molar-refractivity contribution < 1.29 is 55.6 Å². The van der Waals surface area contributed by atoms with Crippen LogP contribution >= 0.6 is 0 Å². The number of esters is 1. The van der Waals surface area contributed by atoms with Gasteiger partial charge in [0, 0.05) is 23.6 Å². The van der Waals surface area contributed by atoms with Crippen LogP contribution in [-0.2, 0) is 10.3 Å². The fraction of sp³-hybridized carbons (Fsp3) is 0.143. The summed E-state index contributed by atoms with van der Waals surface area (Å²) in [6.45, 7) is 1.61. The molecule has 0 saturated carbocycles. The molecule has 0 unspecified atom stereocenters. The lowest BCUT2D eigenvalue weighted by atomic mass is 9.79. The molecule has 8 nitrogen and oxygen atoms in total. The first-order chi connectivity index (χ1) is 26.4. The molecule has 6 aromatic rings. The fourth-order valence-corrected chi connectivity index (χ4v) is 6.20. The predicted molar refractivity (Wildman–Crippen MR) is 191 cm³/mol. The van der Waals surface area contributed by atoms with E-state index in [1.54, 1.807) is 49.4 Å². The average Bonchev–Trinajstić information content (AvgIpc) is 3.22. The highest BCUT2D eigenvalue weighted by atomic mass is 19.2. The van der Waals surface area contributed by atoms with Crippen molar-refractivity contribution in [2.45, 2.75) is 24.9 Å². The molecule has 0 radical (unpaired) electrons. The Labute approximate surface area is 311 Å². The first-order valence-electron chi connectivity index (χ1n) is 16.7. The first kappa shape index (κ1) is 38.4. The number of carbonyl (C=O) groups excluding carboxylic acids is 2. The van der Waals surface area contributed by atoms with Crippen molar-refractivity contribution in [2.24, 2.45) is 0 Å². The number of aliphatic hydroxyl groups is 1. The quantitative estimate of drug-likeness (QED) is 0.0245. The van der Waals surface area contributed by atoms with Crippen LogP contribution in [0.4, 0.5) is 22.0 Å². The molecule has 282 valence electrons. The molecule has 13 heteroatoms. The van der Waals surface area contributed by atoms with E-state index in [-0.39, 0.29) is 28.3 Å². The second-order valence-electron chi connectivity index (χ2n) is 12.2. The summed E-state index contributed by atoms with van der Waals surface area (Å²) in [6.07, 6.45) is -0.153. The molecule has 2 N–H and O–H groups in total. The van der Waals surface area contributed by atoms with Gasteiger partial charge in [0.2, 0.25) is 40.7 Å². The second kappa shape index (κ2) is 15.6. The number of nitrogens with one attached hydrogen (secondary N) is 1. The summed E-state index contributed by atoms with van der Waals surface area (Å²) in [5.74, 6) is -17.1.